The summed E-state index contributed by atoms with van der Waals surface area (Å²) in [5.74, 6) is 0.608. The number of hydrogen-bond donors (Lipinski definition) is 1. The second-order valence-electron chi connectivity index (χ2n) is 4.34. The number of fused-ring (bicyclic) bond motifs is 1. The van der Waals surface area contributed by atoms with Crippen LogP contribution in [0.25, 0.3) is 10.9 Å². The maximum Gasteiger partial charge on any atom is 0.232 e. The van der Waals surface area contributed by atoms with E-state index < -0.39 is 0 Å². The van der Waals surface area contributed by atoms with Crippen molar-refractivity contribution >= 4 is 22.5 Å². The first-order valence-corrected chi connectivity index (χ1v) is 6.15. The zero-order valence-corrected chi connectivity index (χ0v) is 10.8. The Labute approximate surface area is 114 Å². The van der Waals surface area contributed by atoms with E-state index in [1.54, 1.807) is 13.1 Å². The van der Waals surface area contributed by atoms with E-state index in [-0.39, 0.29) is 12.3 Å². The van der Waals surface area contributed by atoms with Gasteiger partial charge in [-0.25, -0.2) is 0 Å². The van der Waals surface area contributed by atoms with Crippen molar-refractivity contribution in [2.75, 3.05) is 5.32 Å². The van der Waals surface area contributed by atoms with Crippen molar-refractivity contribution in [1.29, 1.82) is 0 Å². The molecule has 0 saturated carbocycles. The summed E-state index contributed by atoms with van der Waals surface area (Å²) < 4.78 is 4.83. The Morgan fingerprint density at radius 1 is 1.30 bits per heavy atom. The van der Waals surface area contributed by atoms with Gasteiger partial charge in [-0.3, -0.25) is 9.78 Å². The molecule has 6 nitrogen and oxygen atoms in total. The number of benzene rings is 1. The van der Waals surface area contributed by atoms with Gasteiger partial charge in [0.05, 0.1) is 17.6 Å². The Bertz CT molecular complexity index is 761. The number of nitrogens with zero attached hydrogens (tertiary/aromatic N) is 3. The van der Waals surface area contributed by atoms with Gasteiger partial charge in [0.15, 0.2) is 5.82 Å². The minimum atomic E-state index is -0.205. The number of amides is 1. The zero-order chi connectivity index (χ0) is 13.9. The quantitative estimate of drug-likeness (QED) is 0.786. The summed E-state index contributed by atoms with van der Waals surface area (Å²) in [6, 6.07) is 9.43. The number of anilines is 1. The molecule has 1 N–H and O–H groups in total. The average Bonchev–Trinajstić information content (AvgIpc) is 2.84. The maximum atomic E-state index is 12.0. The van der Waals surface area contributed by atoms with E-state index in [2.05, 4.69) is 20.4 Å². The lowest BCUT2D eigenvalue weighted by Crippen LogP contribution is -2.15. The van der Waals surface area contributed by atoms with Crippen molar-refractivity contribution < 1.29 is 9.32 Å². The molecule has 0 unspecified atom stereocenters. The van der Waals surface area contributed by atoms with E-state index in [0.29, 0.717) is 17.4 Å². The number of aromatic nitrogens is 3. The molecule has 3 aromatic rings. The van der Waals surface area contributed by atoms with Crippen LogP contribution in [0.5, 0.6) is 0 Å². The average molecular weight is 268 g/mol. The van der Waals surface area contributed by atoms with Crippen molar-refractivity contribution in [3.05, 3.63) is 48.2 Å². The number of rotatable bonds is 3. The molecule has 1 aromatic carbocycles. The van der Waals surface area contributed by atoms with Crippen molar-refractivity contribution in [3.63, 3.8) is 0 Å². The number of para-hydroxylation sites is 1. The Hall–Kier alpha value is -2.76. The highest BCUT2D eigenvalue weighted by Crippen LogP contribution is 2.20. The molecule has 2 heterocycles. The Kier molecular flexibility index (Phi) is 3.12. The highest BCUT2D eigenvalue weighted by atomic mass is 16.5. The van der Waals surface area contributed by atoms with Gasteiger partial charge in [0.2, 0.25) is 11.8 Å². The fourth-order valence-corrected chi connectivity index (χ4v) is 1.96. The molecular formula is C14H12N4O2. The highest BCUT2D eigenvalue weighted by Gasteiger charge is 2.11. The molecule has 0 radical (unpaired) electrons. The van der Waals surface area contributed by atoms with Gasteiger partial charge >= 0.3 is 0 Å². The third-order valence-corrected chi connectivity index (χ3v) is 2.80. The standard InChI is InChI=1S/C14H12N4O2/c1-9-16-12(18-20-9)8-13(19)17-11-6-2-4-10-5-3-7-15-14(10)11/h2-7H,8H2,1H3,(H,17,19). The number of carbonyl (C=O) groups is 1. The number of carbonyl (C=O) groups excluding carboxylic acids is 1. The number of aryl methyl sites for hydroxylation is 1. The summed E-state index contributed by atoms with van der Waals surface area (Å²) in [6.45, 7) is 1.68. The fraction of sp³-hybridized carbons (Fsp3) is 0.143. The van der Waals surface area contributed by atoms with Gasteiger partial charge < -0.3 is 9.84 Å². The van der Waals surface area contributed by atoms with Crippen molar-refractivity contribution in [3.8, 4) is 0 Å². The molecule has 3 rings (SSSR count). The first-order valence-electron chi connectivity index (χ1n) is 6.15. The topological polar surface area (TPSA) is 80.9 Å². The summed E-state index contributed by atoms with van der Waals surface area (Å²) in [7, 11) is 0. The Morgan fingerprint density at radius 3 is 2.95 bits per heavy atom. The van der Waals surface area contributed by atoms with Crippen LogP contribution >= 0.6 is 0 Å². The van der Waals surface area contributed by atoms with Crippen LogP contribution in [0.1, 0.15) is 11.7 Å². The van der Waals surface area contributed by atoms with E-state index in [4.69, 9.17) is 4.52 Å². The van der Waals surface area contributed by atoms with Crippen LogP contribution in [0, 0.1) is 6.92 Å². The predicted octanol–water partition coefficient (Wildman–Crippen LogP) is 2.11. The number of hydrogen-bond acceptors (Lipinski definition) is 5. The first kappa shape index (κ1) is 12.3. The third-order valence-electron chi connectivity index (χ3n) is 2.80. The molecular weight excluding hydrogens is 256 g/mol. The summed E-state index contributed by atoms with van der Waals surface area (Å²) in [4.78, 5) is 20.3. The molecule has 2 aromatic heterocycles. The van der Waals surface area contributed by atoms with Gasteiger partial charge in [-0.15, -0.1) is 0 Å². The molecule has 0 bridgehead atoms. The third kappa shape index (κ3) is 2.49. The van der Waals surface area contributed by atoms with E-state index in [1.165, 1.54) is 0 Å². The van der Waals surface area contributed by atoms with Gasteiger partial charge in [0.1, 0.15) is 0 Å². The summed E-state index contributed by atoms with van der Waals surface area (Å²) in [5.41, 5.74) is 1.43. The molecule has 0 atom stereocenters. The SMILES string of the molecule is Cc1nc(CC(=O)Nc2cccc3cccnc23)no1. The van der Waals surface area contributed by atoms with Gasteiger partial charge in [0.25, 0.3) is 0 Å². The molecule has 0 aliphatic heterocycles. The van der Waals surface area contributed by atoms with Crippen molar-refractivity contribution in [2.24, 2.45) is 0 Å². The van der Waals surface area contributed by atoms with Crippen LogP contribution in [-0.2, 0) is 11.2 Å². The normalized spacial score (nSPS) is 10.7. The van der Waals surface area contributed by atoms with Gasteiger partial charge in [-0.05, 0) is 12.1 Å². The van der Waals surface area contributed by atoms with E-state index in [0.717, 1.165) is 10.9 Å². The van der Waals surface area contributed by atoms with E-state index in [1.807, 2.05) is 30.3 Å². The minimum Gasteiger partial charge on any atom is -0.340 e. The monoisotopic (exact) mass is 268 g/mol. The molecule has 0 fully saturated rings. The first-order chi connectivity index (χ1) is 9.72. The molecule has 20 heavy (non-hydrogen) atoms. The Morgan fingerprint density at radius 2 is 2.15 bits per heavy atom. The summed E-state index contributed by atoms with van der Waals surface area (Å²) in [6.07, 6.45) is 1.76. The predicted molar refractivity (Wildman–Crippen MR) is 73.1 cm³/mol. The smallest absolute Gasteiger partial charge is 0.232 e. The maximum absolute atomic E-state index is 12.0. The number of pyridine rings is 1. The van der Waals surface area contributed by atoms with Crippen LogP contribution in [0.2, 0.25) is 0 Å². The van der Waals surface area contributed by atoms with Crippen molar-refractivity contribution in [2.45, 2.75) is 13.3 Å². The van der Waals surface area contributed by atoms with Gasteiger partial charge in [0, 0.05) is 18.5 Å². The second kappa shape index (κ2) is 5.08. The summed E-state index contributed by atoms with van der Waals surface area (Å²) in [5, 5.41) is 7.49. The zero-order valence-electron chi connectivity index (χ0n) is 10.8. The van der Waals surface area contributed by atoms with Crippen molar-refractivity contribution in [1.82, 2.24) is 15.1 Å². The summed E-state index contributed by atoms with van der Waals surface area (Å²) >= 11 is 0. The minimum absolute atomic E-state index is 0.0700. The lowest BCUT2D eigenvalue weighted by molar-refractivity contribution is -0.115. The lowest BCUT2D eigenvalue weighted by atomic mass is 10.2. The molecule has 0 spiro atoms. The van der Waals surface area contributed by atoms with Gasteiger partial charge in [-0.1, -0.05) is 23.4 Å². The molecule has 0 aliphatic carbocycles. The fourth-order valence-electron chi connectivity index (χ4n) is 1.96. The van der Waals surface area contributed by atoms with Gasteiger partial charge in [-0.2, -0.15) is 4.98 Å². The second-order valence-corrected chi connectivity index (χ2v) is 4.34. The van der Waals surface area contributed by atoms with E-state index in [9.17, 15) is 4.79 Å². The van der Waals surface area contributed by atoms with Crippen LogP contribution < -0.4 is 5.32 Å². The largest absolute Gasteiger partial charge is 0.340 e. The number of nitrogens with one attached hydrogen (secondary N) is 1. The van der Waals surface area contributed by atoms with Crippen LogP contribution in [0.4, 0.5) is 5.69 Å². The van der Waals surface area contributed by atoms with Crippen LogP contribution in [-0.4, -0.2) is 21.0 Å². The van der Waals surface area contributed by atoms with E-state index >= 15 is 0 Å². The Balaban J connectivity index is 1.81. The van der Waals surface area contributed by atoms with Crippen LogP contribution in [0.15, 0.2) is 41.1 Å². The lowest BCUT2D eigenvalue weighted by Gasteiger charge is -2.06. The highest BCUT2D eigenvalue weighted by molar-refractivity contribution is 6.00. The molecule has 100 valence electrons. The van der Waals surface area contributed by atoms with Crippen LogP contribution in [0.3, 0.4) is 0 Å². The molecule has 1 amide bonds. The molecule has 6 heteroatoms. The molecule has 0 saturated heterocycles. The molecule has 0 aliphatic rings.